The van der Waals surface area contributed by atoms with Crippen molar-refractivity contribution in [2.24, 2.45) is 0 Å². The summed E-state index contributed by atoms with van der Waals surface area (Å²) in [4.78, 5) is 25.5. The van der Waals surface area contributed by atoms with Crippen molar-refractivity contribution in [3.8, 4) is 11.6 Å². The van der Waals surface area contributed by atoms with Gasteiger partial charge in [0.05, 0.1) is 29.3 Å². The molecule has 1 fully saturated rings. The minimum atomic E-state index is -0.537. The second-order valence-electron chi connectivity index (χ2n) is 5.72. The maximum atomic E-state index is 11.2. The number of nitro groups is 1. The monoisotopic (exact) mass is 356 g/mol. The van der Waals surface area contributed by atoms with E-state index in [0.717, 1.165) is 37.4 Å². The van der Waals surface area contributed by atoms with Crippen molar-refractivity contribution >= 4 is 22.5 Å². The Hall–Kier alpha value is -3.34. The average Bonchev–Trinajstić information content (AvgIpc) is 3.12. The lowest BCUT2D eigenvalue weighted by Crippen LogP contribution is -2.43. The zero-order chi connectivity index (χ0) is 18.1. The van der Waals surface area contributed by atoms with Crippen LogP contribution in [0.1, 0.15) is 0 Å². The van der Waals surface area contributed by atoms with Crippen molar-refractivity contribution in [3.05, 3.63) is 34.9 Å². The number of ether oxygens (including phenoxy) is 1. The van der Waals surface area contributed by atoms with Gasteiger partial charge in [-0.2, -0.15) is 0 Å². The number of piperazine rings is 1. The molecule has 0 saturated carbocycles. The van der Waals surface area contributed by atoms with Gasteiger partial charge >= 0.3 is 5.69 Å². The smallest absolute Gasteiger partial charge is 0.333 e. The van der Waals surface area contributed by atoms with E-state index in [1.165, 1.54) is 30.4 Å². The molecule has 0 amide bonds. The Morgan fingerprint density at radius 2 is 2.08 bits per heavy atom. The van der Waals surface area contributed by atoms with E-state index in [1.54, 1.807) is 6.20 Å². The van der Waals surface area contributed by atoms with Gasteiger partial charge in [-0.3, -0.25) is 10.1 Å². The molecule has 11 heteroatoms. The largest absolute Gasteiger partial charge is 0.476 e. The first-order valence-electron chi connectivity index (χ1n) is 8.02. The summed E-state index contributed by atoms with van der Waals surface area (Å²) in [5.74, 6) is 0.760. The van der Waals surface area contributed by atoms with Gasteiger partial charge in [0.15, 0.2) is 5.65 Å². The van der Waals surface area contributed by atoms with Crippen LogP contribution in [0.4, 0.5) is 11.5 Å². The summed E-state index contributed by atoms with van der Waals surface area (Å²) in [6.45, 7) is 3.45. The van der Waals surface area contributed by atoms with E-state index in [4.69, 9.17) is 4.74 Å². The summed E-state index contributed by atoms with van der Waals surface area (Å²) in [7, 11) is 1.34. The fourth-order valence-corrected chi connectivity index (χ4v) is 2.93. The number of anilines is 1. The highest BCUT2D eigenvalue weighted by atomic mass is 16.6. The molecule has 4 rings (SSSR count). The Labute approximate surface area is 147 Å². The number of aromatic nitrogens is 5. The maximum Gasteiger partial charge on any atom is 0.333 e. The van der Waals surface area contributed by atoms with Crippen molar-refractivity contribution in [1.29, 1.82) is 0 Å². The molecule has 1 N–H and O–H groups in total. The molecular weight excluding hydrogens is 340 g/mol. The Morgan fingerprint density at radius 1 is 1.27 bits per heavy atom. The minimum absolute atomic E-state index is 0.0447. The van der Waals surface area contributed by atoms with E-state index in [2.05, 4.69) is 30.3 Å². The SMILES string of the molecule is COc1ncc(-n2cc3c(N4CCNCC4)ncnc3n2)cc1[N+](=O)[O-]. The lowest BCUT2D eigenvalue weighted by Gasteiger charge is -2.28. The maximum absolute atomic E-state index is 11.2. The van der Waals surface area contributed by atoms with Crippen molar-refractivity contribution < 1.29 is 9.66 Å². The van der Waals surface area contributed by atoms with E-state index < -0.39 is 4.92 Å². The Balaban J connectivity index is 1.78. The summed E-state index contributed by atoms with van der Waals surface area (Å²) in [6.07, 6.45) is 4.71. The summed E-state index contributed by atoms with van der Waals surface area (Å²) < 4.78 is 6.46. The van der Waals surface area contributed by atoms with E-state index in [-0.39, 0.29) is 11.6 Å². The van der Waals surface area contributed by atoms with E-state index in [9.17, 15) is 10.1 Å². The molecule has 1 saturated heterocycles. The number of fused-ring (bicyclic) bond motifs is 1. The topological polar surface area (TPSA) is 124 Å². The number of hydrogen-bond acceptors (Lipinski definition) is 9. The van der Waals surface area contributed by atoms with Crippen LogP contribution in [-0.4, -0.2) is 62.9 Å². The highest BCUT2D eigenvalue weighted by Gasteiger charge is 2.20. The summed E-state index contributed by atoms with van der Waals surface area (Å²) in [6, 6.07) is 1.37. The number of nitrogens with zero attached hydrogens (tertiary/aromatic N) is 7. The highest BCUT2D eigenvalue weighted by Crippen LogP contribution is 2.28. The number of hydrogen-bond donors (Lipinski definition) is 1. The van der Waals surface area contributed by atoms with Crippen LogP contribution in [0.2, 0.25) is 0 Å². The molecule has 134 valence electrons. The van der Waals surface area contributed by atoms with Crippen molar-refractivity contribution in [2.75, 3.05) is 38.2 Å². The van der Waals surface area contributed by atoms with Crippen LogP contribution in [-0.2, 0) is 0 Å². The van der Waals surface area contributed by atoms with Gasteiger partial charge in [0.2, 0.25) is 0 Å². The molecule has 0 aliphatic carbocycles. The molecule has 1 aliphatic rings. The lowest BCUT2D eigenvalue weighted by molar-refractivity contribution is -0.386. The Bertz CT molecular complexity index is 967. The van der Waals surface area contributed by atoms with Gasteiger partial charge < -0.3 is 15.0 Å². The zero-order valence-electron chi connectivity index (χ0n) is 14.0. The molecule has 1 aliphatic heterocycles. The van der Waals surface area contributed by atoms with Crippen LogP contribution in [0.5, 0.6) is 5.88 Å². The zero-order valence-corrected chi connectivity index (χ0v) is 14.0. The molecule has 4 heterocycles. The lowest BCUT2D eigenvalue weighted by atomic mass is 10.3. The first kappa shape index (κ1) is 16.1. The Morgan fingerprint density at radius 3 is 2.81 bits per heavy atom. The van der Waals surface area contributed by atoms with Gasteiger partial charge in [-0.25, -0.2) is 19.6 Å². The van der Waals surface area contributed by atoms with Crippen LogP contribution in [0.15, 0.2) is 24.8 Å². The molecule has 11 nitrogen and oxygen atoms in total. The highest BCUT2D eigenvalue weighted by molar-refractivity contribution is 5.86. The molecular formula is C15H16N8O3. The van der Waals surface area contributed by atoms with Gasteiger partial charge in [0.1, 0.15) is 12.1 Å². The molecule has 0 aromatic carbocycles. The third-order valence-corrected chi connectivity index (χ3v) is 4.18. The third kappa shape index (κ3) is 2.77. The van der Waals surface area contributed by atoms with Crippen LogP contribution in [0.3, 0.4) is 0 Å². The van der Waals surface area contributed by atoms with Gasteiger partial charge in [-0.1, -0.05) is 0 Å². The average molecular weight is 356 g/mol. The second kappa shape index (κ2) is 6.52. The molecule has 0 bridgehead atoms. The normalized spacial score (nSPS) is 14.6. The van der Waals surface area contributed by atoms with E-state index in [0.29, 0.717) is 11.3 Å². The Kier molecular flexibility index (Phi) is 4.05. The fraction of sp³-hybridized carbons (Fsp3) is 0.333. The van der Waals surface area contributed by atoms with E-state index in [1.807, 2.05) is 0 Å². The minimum Gasteiger partial charge on any atom is -0.476 e. The van der Waals surface area contributed by atoms with Gasteiger partial charge in [0.25, 0.3) is 5.88 Å². The third-order valence-electron chi connectivity index (χ3n) is 4.18. The molecule has 3 aromatic rings. The van der Waals surface area contributed by atoms with Crippen LogP contribution in [0.25, 0.3) is 16.7 Å². The van der Waals surface area contributed by atoms with Crippen molar-refractivity contribution in [2.45, 2.75) is 0 Å². The predicted molar refractivity (Wildman–Crippen MR) is 92.7 cm³/mol. The van der Waals surface area contributed by atoms with Crippen LogP contribution >= 0.6 is 0 Å². The molecule has 0 atom stereocenters. The van der Waals surface area contributed by atoms with Gasteiger partial charge in [0, 0.05) is 38.4 Å². The van der Waals surface area contributed by atoms with E-state index >= 15 is 0 Å². The van der Waals surface area contributed by atoms with Crippen LogP contribution < -0.4 is 15.0 Å². The summed E-state index contributed by atoms with van der Waals surface area (Å²) >= 11 is 0. The number of pyridine rings is 1. The summed E-state index contributed by atoms with van der Waals surface area (Å²) in [5.41, 5.74) is 0.742. The fourth-order valence-electron chi connectivity index (χ4n) is 2.93. The molecule has 0 radical (unpaired) electrons. The van der Waals surface area contributed by atoms with Crippen molar-refractivity contribution in [1.82, 2.24) is 30.0 Å². The first-order chi connectivity index (χ1) is 12.7. The first-order valence-corrected chi connectivity index (χ1v) is 8.02. The van der Waals surface area contributed by atoms with Crippen molar-refractivity contribution in [3.63, 3.8) is 0 Å². The molecule has 26 heavy (non-hydrogen) atoms. The van der Waals surface area contributed by atoms with Gasteiger partial charge in [-0.15, -0.1) is 5.10 Å². The molecule has 3 aromatic heterocycles. The summed E-state index contributed by atoms with van der Waals surface area (Å²) in [5, 5.41) is 19.7. The quantitative estimate of drug-likeness (QED) is 0.526. The van der Waals surface area contributed by atoms with Crippen LogP contribution in [0, 0.1) is 10.1 Å². The number of nitrogens with one attached hydrogen (secondary N) is 1. The second-order valence-corrected chi connectivity index (χ2v) is 5.72. The number of rotatable bonds is 4. The predicted octanol–water partition coefficient (Wildman–Crippen LogP) is 0.537. The standard InChI is InChI=1S/C15H16N8O3/c1-26-15-12(23(24)25)6-10(7-17-15)22-8-11-13(20-22)18-9-19-14(11)21-4-2-16-3-5-21/h6-9,16H,2-5H2,1H3. The molecule has 0 spiro atoms. The van der Waals surface area contributed by atoms with Gasteiger partial charge in [-0.05, 0) is 0 Å². The molecule has 0 unspecified atom stereocenters. The number of methoxy groups -OCH3 is 1.